The Morgan fingerprint density at radius 2 is 1.54 bits per heavy atom. The number of para-hydroxylation sites is 1. The van der Waals surface area contributed by atoms with Gasteiger partial charge in [-0.15, -0.1) is 0 Å². The largest absolute Gasteiger partial charge is 0.322 e. The molecule has 24 heavy (non-hydrogen) atoms. The number of hydrogen-bond donors (Lipinski definition) is 2. The highest BCUT2D eigenvalue weighted by atomic mass is 32.2. The maximum absolute atomic E-state index is 12.5. The monoisotopic (exact) mass is 340 g/mol. The van der Waals surface area contributed by atoms with E-state index in [4.69, 9.17) is 0 Å². The lowest BCUT2D eigenvalue weighted by Gasteiger charge is -2.11. The Kier molecular flexibility index (Phi) is 4.22. The molecule has 122 valence electrons. The second-order valence-corrected chi connectivity index (χ2v) is 7.18. The van der Waals surface area contributed by atoms with Gasteiger partial charge in [0.1, 0.15) is 0 Å². The van der Waals surface area contributed by atoms with E-state index >= 15 is 0 Å². The lowest BCUT2D eigenvalue weighted by Crippen LogP contribution is -2.17. The van der Waals surface area contributed by atoms with Crippen molar-refractivity contribution in [3.63, 3.8) is 0 Å². The van der Waals surface area contributed by atoms with Crippen LogP contribution >= 0.6 is 0 Å². The summed E-state index contributed by atoms with van der Waals surface area (Å²) in [4.78, 5) is 12.5. The smallest absolute Gasteiger partial charge is 0.257 e. The molecule has 3 aromatic rings. The Hall–Kier alpha value is -2.86. The van der Waals surface area contributed by atoms with Gasteiger partial charge in [0.15, 0.2) is 0 Å². The molecule has 0 aliphatic carbocycles. The molecule has 1 amide bonds. The molecular formula is C18H16N2O3S. The van der Waals surface area contributed by atoms with Gasteiger partial charge in [-0.1, -0.05) is 42.5 Å². The Morgan fingerprint density at radius 1 is 0.875 bits per heavy atom. The summed E-state index contributed by atoms with van der Waals surface area (Å²) in [6, 6.07) is 19.9. The summed E-state index contributed by atoms with van der Waals surface area (Å²) >= 11 is 0. The fraction of sp³-hybridized carbons (Fsp3) is 0.0556. The average molecular weight is 340 g/mol. The van der Waals surface area contributed by atoms with Crippen LogP contribution in [0.3, 0.4) is 0 Å². The molecule has 0 unspecified atom stereocenters. The van der Waals surface area contributed by atoms with Crippen molar-refractivity contribution in [2.24, 2.45) is 0 Å². The number of amides is 1. The van der Waals surface area contributed by atoms with Crippen LogP contribution in [-0.4, -0.2) is 20.6 Å². The summed E-state index contributed by atoms with van der Waals surface area (Å²) in [6.45, 7) is 0. The van der Waals surface area contributed by atoms with Gasteiger partial charge in [-0.2, -0.15) is 0 Å². The third kappa shape index (κ3) is 3.72. The maximum Gasteiger partial charge on any atom is 0.257 e. The summed E-state index contributed by atoms with van der Waals surface area (Å²) < 4.78 is 25.2. The molecule has 0 aliphatic heterocycles. The van der Waals surface area contributed by atoms with Gasteiger partial charge in [0.05, 0.1) is 17.5 Å². The molecule has 0 saturated carbocycles. The third-order valence-corrected chi connectivity index (χ3v) is 4.07. The number of carbonyl (C=O) groups excluding carboxylic acids is 1. The van der Waals surface area contributed by atoms with Crippen molar-refractivity contribution in [3.8, 4) is 0 Å². The van der Waals surface area contributed by atoms with Crippen molar-refractivity contribution in [1.82, 2.24) is 0 Å². The van der Waals surface area contributed by atoms with Crippen LogP contribution in [0.5, 0.6) is 0 Å². The van der Waals surface area contributed by atoms with Crippen LogP contribution in [0, 0.1) is 0 Å². The quantitative estimate of drug-likeness (QED) is 0.764. The molecule has 5 nitrogen and oxygen atoms in total. The number of benzene rings is 3. The van der Waals surface area contributed by atoms with E-state index < -0.39 is 10.0 Å². The highest BCUT2D eigenvalue weighted by molar-refractivity contribution is 7.92. The average Bonchev–Trinajstić information content (AvgIpc) is 2.53. The highest BCUT2D eigenvalue weighted by Crippen LogP contribution is 2.21. The molecule has 6 heteroatoms. The Balaban J connectivity index is 1.89. The van der Waals surface area contributed by atoms with E-state index in [1.54, 1.807) is 24.3 Å². The first kappa shape index (κ1) is 16.0. The molecule has 2 N–H and O–H groups in total. The second-order valence-electron chi connectivity index (χ2n) is 5.44. The molecule has 0 atom stereocenters. The van der Waals surface area contributed by atoms with Crippen molar-refractivity contribution in [1.29, 1.82) is 0 Å². The Bertz CT molecular complexity index is 1010. The summed E-state index contributed by atoms with van der Waals surface area (Å²) in [5.74, 6) is -0.378. The summed E-state index contributed by atoms with van der Waals surface area (Å²) in [6.07, 6.45) is 1.05. The van der Waals surface area contributed by atoms with E-state index in [0.29, 0.717) is 5.69 Å². The van der Waals surface area contributed by atoms with Gasteiger partial charge in [0.2, 0.25) is 10.0 Å². The normalized spacial score (nSPS) is 11.2. The van der Waals surface area contributed by atoms with Crippen LogP contribution in [0.15, 0.2) is 66.7 Å². The number of sulfonamides is 1. The van der Waals surface area contributed by atoms with Gasteiger partial charge in [-0.25, -0.2) is 8.42 Å². The molecular weight excluding hydrogens is 324 g/mol. The fourth-order valence-corrected chi connectivity index (χ4v) is 3.01. The van der Waals surface area contributed by atoms with Crippen LogP contribution in [0.25, 0.3) is 10.8 Å². The zero-order chi connectivity index (χ0) is 17.2. The van der Waals surface area contributed by atoms with Crippen LogP contribution in [0.2, 0.25) is 0 Å². The van der Waals surface area contributed by atoms with Crippen molar-refractivity contribution in [3.05, 3.63) is 72.3 Å². The van der Waals surface area contributed by atoms with E-state index in [-0.39, 0.29) is 17.2 Å². The molecule has 0 bridgehead atoms. The molecule has 0 spiro atoms. The molecule has 0 aliphatic rings. The zero-order valence-corrected chi connectivity index (χ0v) is 13.8. The standard InChI is InChI=1S/C18H16N2O3S/c1-24(22,23)20-17-9-5-4-8-16(17)18(21)19-15-11-10-13-6-2-3-7-14(13)12-15/h2-12,20H,1H3,(H,19,21). The first-order valence-electron chi connectivity index (χ1n) is 7.29. The lowest BCUT2D eigenvalue weighted by molar-refractivity contribution is 0.102. The van der Waals surface area contributed by atoms with E-state index in [1.807, 2.05) is 42.5 Å². The summed E-state index contributed by atoms with van der Waals surface area (Å²) in [7, 11) is -3.46. The van der Waals surface area contributed by atoms with Crippen molar-refractivity contribution in [2.45, 2.75) is 0 Å². The summed E-state index contributed by atoms with van der Waals surface area (Å²) in [5.41, 5.74) is 1.15. The minimum Gasteiger partial charge on any atom is -0.322 e. The van der Waals surface area contributed by atoms with Gasteiger partial charge < -0.3 is 5.32 Å². The van der Waals surface area contributed by atoms with Crippen molar-refractivity contribution < 1.29 is 13.2 Å². The predicted octanol–water partition coefficient (Wildman–Crippen LogP) is 3.46. The molecule has 3 rings (SSSR count). The first-order valence-corrected chi connectivity index (χ1v) is 9.18. The van der Waals surface area contributed by atoms with Crippen LogP contribution < -0.4 is 10.0 Å². The molecule has 0 heterocycles. The number of anilines is 2. The van der Waals surface area contributed by atoms with Gasteiger partial charge in [-0.05, 0) is 35.0 Å². The van der Waals surface area contributed by atoms with Crippen molar-refractivity contribution in [2.75, 3.05) is 16.3 Å². The van der Waals surface area contributed by atoms with Gasteiger partial charge >= 0.3 is 0 Å². The second kappa shape index (κ2) is 6.33. The van der Waals surface area contributed by atoms with Crippen LogP contribution in [0.4, 0.5) is 11.4 Å². The third-order valence-electron chi connectivity index (χ3n) is 3.47. The van der Waals surface area contributed by atoms with Crippen LogP contribution in [-0.2, 0) is 10.0 Å². The molecule has 3 aromatic carbocycles. The number of carbonyl (C=O) groups is 1. The van der Waals surface area contributed by atoms with Gasteiger partial charge in [0, 0.05) is 5.69 Å². The van der Waals surface area contributed by atoms with Gasteiger partial charge in [0.25, 0.3) is 5.91 Å². The number of rotatable bonds is 4. The SMILES string of the molecule is CS(=O)(=O)Nc1ccccc1C(=O)Nc1ccc2ccccc2c1. The number of fused-ring (bicyclic) bond motifs is 1. The number of hydrogen-bond acceptors (Lipinski definition) is 3. The minimum atomic E-state index is -3.46. The minimum absolute atomic E-state index is 0.248. The molecule has 0 aromatic heterocycles. The Morgan fingerprint density at radius 3 is 2.29 bits per heavy atom. The predicted molar refractivity (Wildman–Crippen MR) is 96.8 cm³/mol. The zero-order valence-electron chi connectivity index (χ0n) is 13.0. The maximum atomic E-state index is 12.5. The first-order chi connectivity index (χ1) is 11.4. The van der Waals surface area contributed by atoms with E-state index in [9.17, 15) is 13.2 Å². The van der Waals surface area contributed by atoms with E-state index in [0.717, 1.165) is 17.0 Å². The van der Waals surface area contributed by atoms with Crippen LogP contribution in [0.1, 0.15) is 10.4 Å². The Labute approximate surface area is 140 Å². The molecule has 0 radical (unpaired) electrons. The topological polar surface area (TPSA) is 75.3 Å². The summed E-state index contributed by atoms with van der Waals surface area (Å²) in [5, 5.41) is 4.89. The van der Waals surface area contributed by atoms with Crippen molar-refractivity contribution >= 4 is 38.1 Å². The van der Waals surface area contributed by atoms with E-state index in [2.05, 4.69) is 10.0 Å². The molecule has 0 saturated heterocycles. The lowest BCUT2D eigenvalue weighted by atomic mass is 10.1. The van der Waals surface area contributed by atoms with E-state index in [1.165, 1.54) is 0 Å². The highest BCUT2D eigenvalue weighted by Gasteiger charge is 2.14. The fourth-order valence-electron chi connectivity index (χ4n) is 2.44. The molecule has 0 fully saturated rings. The van der Waals surface area contributed by atoms with Gasteiger partial charge in [-0.3, -0.25) is 9.52 Å². The number of nitrogens with one attached hydrogen (secondary N) is 2.